The zero-order valence-electron chi connectivity index (χ0n) is 13.0. The second-order valence-electron chi connectivity index (χ2n) is 5.43. The maximum absolute atomic E-state index is 4.99. The molecule has 0 aliphatic carbocycles. The lowest BCUT2D eigenvalue weighted by Crippen LogP contribution is -2.19. The molecule has 0 bridgehead atoms. The molecule has 0 aromatic carbocycles. The van der Waals surface area contributed by atoms with Gasteiger partial charge in [0.2, 0.25) is 0 Å². The Morgan fingerprint density at radius 1 is 1.38 bits per heavy atom. The fourth-order valence-corrected chi connectivity index (χ4v) is 2.03. The van der Waals surface area contributed by atoms with Gasteiger partial charge in [0.15, 0.2) is 0 Å². The predicted molar refractivity (Wildman–Crippen MR) is 79.8 cm³/mol. The summed E-state index contributed by atoms with van der Waals surface area (Å²) in [6.07, 6.45) is 3.58. The molecule has 2 rings (SSSR count). The van der Waals surface area contributed by atoms with Crippen LogP contribution in [0.4, 0.5) is 0 Å². The van der Waals surface area contributed by atoms with Crippen molar-refractivity contribution in [2.45, 2.75) is 33.5 Å². The molecular weight excluding hydrogens is 268 g/mol. The largest absolute Gasteiger partial charge is 0.383 e. The third-order valence-corrected chi connectivity index (χ3v) is 3.02. The summed E-state index contributed by atoms with van der Waals surface area (Å²) in [5.74, 6) is 1.48. The van der Waals surface area contributed by atoms with Gasteiger partial charge in [0.1, 0.15) is 18.7 Å². The van der Waals surface area contributed by atoms with E-state index in [1.54, 1.807) is 13.4 Å². The summed E-state index contributed by atoms with van der Waals surface area (Å²) in [5, 5.41) is 12.1. The second kappa shape index (κ2) is 7.90. The molecule has 116 valence electrons. The van der Waals surface area contributed by atoms with Gasteiger partial charge in [-0.05, 0) is 12.0 Å². The van der Waals surface area contributed by atoms with E-state index in [0.29, 0.717) is 19.1 Å². The van der Waals surface area contributed by atoms with Crippen molar-refractivity contribution in [3.8, 4) is 0 Å². The summed E-state index contributed by atoms with van der Waals surface area (Å²) in [5.41, 5.74) is 1.01. The molecule has 0 amide bonds. The molecule has 0 aliphatic rings. The molecule has 7 nitrogen and oxygen atoms in total. The standard InChI is InChI=1S/C14H24N6O/c1-12(2)9-20-14(16-11-17-20)10-19-6-4-13(18-19)8-15-5-7-21-3/h4,6,11-12,15H,5,7-10H2,1-3H3. The van der Waals surface area contributed by atoms with Crippen LogP contribution in [-0.2, 0) is 24.4 Å². The first-order valence-corrected chi connectivity index (χ1v) is 7.27. The van der Waals surface area contributed by atoms with Crippen LogP contribution < -0.4 is 5.32 Å². The minimum absolute atomic E-state index is 0.545. The number of rotatable bonds is 9. The van der Waals surface area contributed by atoms with Crippen molar-refractivity contribution in [3.63, 3.8) is 0 Å². The van der Waals surface area contributed by atoms with Crippen LogP contribution >= 0.6 is 0 Å². The minimum atomic E-state index is 0.545. The molecule has 0 spiro atoms. The Morgan fingerprint density at radius 3 is 3.00 bits per heavy atom. The average molecular weight is 292 g/mol. The first-order valence-electron chi connectivity index (χ1n) is 7.27. The van der Waals surface area contributed by atoms with Crippen molar-refractivity contribution in [1.29, 1.82) is 0 Å². The van der Waals surface area contributed by atoms with Crippen LogP contribution in [0.3, 0.4) is 0 Å². The van der Waals surface area contributed by atoms with Crippen LogP contribution in [0.2, 0.25) is 0 Å². The Bertz CT molecular complexity index is 533. The number of methoxy groups -OCH3 is 1. The Hall–Kier alpha value is -1.73. The smallest absolute Gasteiger partial charge is 0.148 e. The summed E-state index contributed by atoms with van der Waals surface area (Å²) in [6.45, 7) is 8.14. The van der Waals surface area contributed by atoms with Crippen molar-refractivity contribution in [3.05, 3.63) is 30.1 Å². The molecule has 0 saturated heterocycles. The van der Waals surface area contributed by atoms with Gasteiger partial charge in [-0.1, -0.05) is 13.8 Å². The summed E-state index contributed by atoms with van der Waals surface area (Å²) in [6, 6.07) is 2.02. The topological polar surface area (TPSA) is 69.8 Å². The lowest BCUT2D eigenvalue weighted by molar-refractivity contribution is 0.199. The van der Waals surface area contributed by atoms with Crippen molar-refractivity contribution in [1.82, 2.24) is 29.9 Å². The highest BCUT2D eigenvalue weighted by Gasteiger charge is 2.08. The molecule has 0 radical (unpaired) electrons. The van der Waals surface area contributed by atoms with Gasteiger partial charge in [-0.25, -0.2) is 9.67 Å². The fraction of sp³-hybridized carbons (Fsp3) is 0.643. The lowest BCUT2D eigenvalue weighted by Gasteiger charge is -2.08. The Morgan fingerprint density at radius 2 is 2.24 bits per heavy atom. The SMILES string of the molecule is COCCNCc1ccn(Cc2ncnn2CC(C)C)n1. The van der Waals surface area contributed by atoms with E-state index in [0.717, 1.165) is 31.2 Å². The Labute approximate surface area is 125 Å². The number of nitrogens with one attached hydrogen (secondary N) is 1. The number of hydrogen-bond acceptors (Lipinski definition) is 5. The molecule has 0 saturated carbocycles. The van der Waals surface area contributed by atoms with Gasteiger partial charge in [-0.3, -0.25) is 4.68 Å². The maximum Gasteiger partial charge on any atom is 0.148 e. The molecule has 0 atom stereocenters. The number of ether oxygens (including phenoxy) is 1. The first-order chi connectivity index (χ1) is 10.2. The van der Waals surface area contributed by atoms with Gasteiger partial charge in [0, 0.05) is 32.9 Å². The fourth-order valence-electron chi connectivity index (χ4n) is 2.03. The summed E-state index contributed by atoms with van der Waals surface area (Å²) >= 11 is 0. The number of nitrogens with zero attached hydrogens (tertiary/aromatic N) is 5. The predicted octanol–water partition coefficient (Wildman–Crippen LogP) is 0.915. The molecule has 1 N–H and O–H groups in total. The van der Waals surface area contributed by atoms with Crippen LogP contribution in [0.25, 0.3) is 0 Å². The van der Waals surface area contributed by atoms with Gasteiger partial charge in [-0.15, -0.1) is 0 Å². The van der Waals surface area contributed by atoms with Crippen LogP contribution in [0, 0.1) is 5.92 Å². The van der Waals surface area contributed by atoms with Crippen LogP contribution in [0.1, 0.15) is 25.4 Å². The molecule has 7 heteroatoms. The second-order valence-corrected chi connectivity index (χ2v) is 5.43. The normalized spacial score (nSPS) is 11.4. The zero-order valence-corrected chi connectivity index (χ0v) is 13.0. The van der Waals surface area contributed by atoms with Crippen LogP contribution in [0.15, 0.2) is 18.6 Å². The summed E-state index contributed by atoms with van der Waals surface area (Å²) < 4.78 is 8.84. The van der Waals surface area contributed by atoms with E-state index in [1.165, 1.54) is 0 Å². The van der Waals surface area contributed by atoms with Gasteiger partial charge < -0.3 is 10.1 Å². The third-order valence-electron chi connectivity index (χ3n) is 3.02. The molecule has 0 aliphatic heterocycles. The van der Waals surface area contributed by atoms with E-state index in [-0.39, 0.29) is 0 Å². The highest BCUT2D eigenvalue weighted by atomic mass is 16.5. The first kappa shape index (κ1) is 15.7. The Balaban J connectivity index is 1.89. The molecule has 2 heterocycles. The molecule has 21 heavy (non-hydrogen) atoms. The van der Waals surface area contributed by atoms with Crippen molar-refractivity contribution >= 4 is 0 Å². The zero-order chi connectivity index (χ0) is 15.1. The van der Waals surface area contributed by atoms with E-state index in [4.69, 9.17) is 4.74 Å². The quantitative estimate of drug-likeness (QED) is 0.696. The van der Waals surface area contributed by atoms with E-state index in [9.17, 15) is 0 Å². The van der Waals surface area contributed by atoms with E-state index in [2.05, 4.69) is 34.3 Å². The van der Waals surface area contributed by atoms with Crippen molar-refractivity contribution in [2.24, 2.45) is 5.92 Å². The number of hydrogen-bond donors (Lipinski definition) is 1. The highest BCUT2D eigenvalue weighted by molar-refractivity contribution is 5.00. The molecule has 2 aromatic heterocycles. The van der Waals surface area contributed by atoms with E-state index in [1.807, 2.05) is 21.6 Å². The van der Waals surface area contributed by atoms with E-state index < -0.39 is 0 Å². The monoisotopic (exact) mass is 292 g/mol. The van der Waals surface area contributed by atoms with Gasteiger partial charge in [0.05, 0.1) is 12.3 Å². The van der Waals surface area contributed by atoms with Gasteiger partial charge in [-0.2, -0.15) is 10.2 Å². The van der Waals surface area contributed by atoms with Gasteiger partial charge in [0.25, 0.3) is 0 Å². The summed E-state index contributed by atoms with van der Waals surface area (Å²) in [4.78, 5) is 4.32. The van der Waals surface area contributed by atoms with E-state index >= 15 is 0 Å². The molecule has 0 fully saturated rings. The average Bonchev–Trinajstić information content (AvgIpc) is 3.05. The number of aromatic nitrogens is 5. The molecule has 2 aromatic rings. The van der Waals surface area contributed by atoms with Gasteiger partial charge >= 0.3 is 0 Å². The highest BCUT2D eigenvalue weighted by Crippen LogP contribution is 2.04. The summed E-state index contributed by atoms with van der Waals surface area (Å²) in [7, 11) is 1.70. The molecular formula is C14H24N6O. The minimum Gasteiger partial charge on any atom is -0.383 e. The lowest BCUT2D eigenvalue weighted by atomic mass is 10.2. The van der Waals surface area contributed by atoms with Crippen LogP contribution in [-0.4, -0.2) is 44.8 Å². The van der Waals surface area contributed by atoms with Crippen molar-refractivity contribution in [2.75, 3.05) is 20.3 Å². The maximum atomic E-state index is 4.99. The van der Waals surface area contributed by atoms with Crippen LogP contribution in [0.5, 0.6) is 0 Å². The third kappa shape index (κ3) is 4.95. The molecule has 0 unspecified atom stereocenters. The Kier molecular flexibility index (Phi) is 5.89. The van der Waals surface area contributed by atoms with Crippen molar-refractivity contribution < 1.29 is 4.74 Å².